The van der Waals surface area contributed by atoms with E-state index in [-0.39, 0.29) is 11.3 Å². The molecule has 0 aliphatic heterocycles. The van der Waals surface area contributed by atoms with Gasteiger partial charge in [-0.2, -0.15) is 0 Å². The van der Waals surface area contributed by atoms with Crippen molar-refractivity contribution in [2.24, 2.45) is 0 Å². The molecule has 5 nitrogen and oxygen atoms in total. The number of aromatic amines is 1. The zero-order valence-corrected chi connectivity index (χ0v) is 16.7. The first-order valence-corrected chi connectivity index (χ1v) is 9.88. The van der Waals surface area contributed by atoms with Crippen LogP contribution in [0.25, 0.3) is 22.0 Å². The number of hydrogen-bond donors (Lipinski definition) is 3. The lowest BCUT2D eigenvalue weighted by molar-refractivity contribution is 0.0953. The average Bonchev–Trinajstić information content (AvgIpc) is 2.75. The normalized spacial score (nSPS) is 10.8. The third kappa shape index (κ3) is 4.07. The van der Waals surface area contributed by atoms with E-state index < -0.39 is 11.5 Å². The Morgan fingerprint density at radius 2 is 1.73 bits per heavy atom. The van der Waals surface area contributed by atoms with E-state index in [0.29, 0.717) is 34.5 Å². The third-order valence-corrected chi connectivity index (χ3v) is 5.14. The molecule has 150 valence electrons. The van der Waals surface area contributed by atoms with Crippen LogP contribution in [0.3, 0.4) is 0 Å². The summed E-state index contributed by atoms with van der Waals surface area (Å²) in [6, 6.07) is 21.3. The van der Waals surface area contributed by atoms with Crippen molar-refractivity contribution in [2.45, 2.75) is 6.42 Å². The Kier molecular flexibility index (Phi) is 5.55. The van der Waals surface area contributed by atoms with Crippen LogP contribution in [0.4, 0.5) is 0 Å². The lowest BCUT2D eigenvalue weighted by atomic mass is 9.95. The molecule has 3 N–H and O–H groups in total. The van der Waals surface area contributed by atoms with Crippen molar-refractivity contribution in [1.82, 2.24) is 10.3 Å². The molecule has 0 unspecified atom stereocenters. The highest BCUT2D eigenvalue weighted by Gasteiger charge is 2.20. The van der Waals surface area contributed by atoms with Gasteiger partial charge in [0.2, 0.25) is 0 Å². The number of benzene rings is 3. The van der Waals surface area contributed by atoms with Crippen LogP contribution in [-0.2, 0) is 6.42 Å². The summed E-state index contributed by atoms with van der Waals surface area (Å²) >= 11 is 6.20. The largest absolute Gasteiger partial charge is 0.508 e. The molecular weight excluding hydrogens is 400 g/mol. The maximum absolute atomic E-state index is 13.0. The summed E-state index contributed by atoms with van der Waals surface area (Å²) in [4.78, 5) is 28.7. The fourth-order valence-electron chi connectivity index (χ4n) is 3.46. The minimum atomic E-state index is -0.453. The predicted molar refractivity (Wildman–Crippen MR) is 119 cm³/mol. The summed E-state index contributed by atoms with van der Waals surface area (Å²) in [7, 11) is 0. The number of halogens is 1. The van der Waals surface area contributed by atoms with Gasteiger partial charge in [0.1, 0.15) is 11.3 Å². The highest BCUT2D eigenvalue weighted by molar-refractivity contribution is 6.31. The van der Waals surface area contributed by atoms with Crippen LogP contribution in [-0.4, -0.2) is 22.5 Å². The number of phenols is 1. The van der Waals surface area contributed by atoms with Gasteiger partial charge in [-0.05, 0) is 47.9 Å². The van der Waals surface area contributed by atoms with E-state index in [4.69, 9.17) is 11.6 Å². The van der Waals surface area contributed by atoms with Crippen molar-refractivity contribution in [3.05, 3.63) is 99.3 Å². The fraction of sp³-hybridized carbons (Fsp3) is 0.0833. The van der Waals surface area contributed by atoms with Crippen LogP contribution in [0.2, 0.25) is 5.02 Å². The lowest BCUT2D eigenvalue weighted by Gasteiger charge is -2.13. The second-order valence-corrected chi connectivity index (χ2v) is 7.37. The Morgan fingerprint density at radius 3 is 2.47 bits per heavy atom. The molecule has 0 atom stereocenters. The summed E-state index contributed by atoms with van der Waals surface area (Å²) in [5.41, 5.74) is 2.51. The van der Waals surface area contributed by atoms with Crippen molar-refractivity contribution in [3.8, 4) is 16.9 Å². The van der Waals surface area contributed by atoms with Crippen LogP contribution in [0.5, 0.6) is 5.75 Å². The molecule has 6 heteroatoms. The van der Waals surface area contributed by atoms with Crippen LogP contribution >= 0.6 is 11.6 Å². The molecule has 4 rings (SSSR count). The second kappa shape index (κ2) is 8.43. The number of aromatic nitrogens is 1. The fourth-order valence-corrected chi connectivity index (χ4v) is 3.63. The zero-order chi connectivity index (χ0) is 21.1. The molecule has 1 aromatic heterocycles. The van der Waals surface area contributed by atoms with Crippen LogP contribution in [0.15, 0.2) is 77.6 Å². The highest BCUT2D eigenvalue weighted by Crippen LogP contribution is 2.31. The molecule has 0 spiro atoms. The number of H-pyrrole nitrogens is 1. The van der Waals surface area contributed by atoms with Gasteiger partial charge in [0, 0.05) is 28.0 Å². The molecule has 0 radical (unpaired) electrons. The van der Waals surface area contributed by atoms with E-state index in [0.717, 1.165) is 11.1 Å². The number of pyridine rings is 1. The quantitative estimate of drug-likeness (QED) is 0.445. The van der Waals surface area contributed by atoms with E-state index >= 15 is 0 Å². The molecule has 1 amide bonds. The van der Waals surface area contributed by atoms with Gasteiger partial charge < -0.3 is 15.4 Å². The Balaban J connectivity index is 1.72. The first kappa shape index (κ1) is 19.7. The third-order valence-electron chi connectivity index (χ3n) is 4.90. The standard InChI is InChI=1S/C24H19ClN2O3/c25-17-8-11-20-19(14-17)21(16-4-2-1-3-5-16)22(24(30)27-20)23(29)26-13-12-15-6-9-18(28)10-7-15/h1-11,14,28H,12-13H2,(H,26,29)(H,27,30). The molecule has 0 aliphatic rings. The Bertz CT molecular complexity index is 1270. The zero-order valence-electron chi connectivity index (χ0n) is 16.0. The minimum Gasteiger partial charge on any atom is -0.508 e. The van der Waals surface area contributed by atoms with Crippen molar-refractivity contribution >= 4 is 28.4 Å². The van der Waals surface area contributed by atoms with E-state index in [1.54, 1.807) is 42.5 Å². The monoisotopic (exact) mass is 418 g/mol. The second-order valence-electron chi connectivity index (χ2n) is 6.93. The smallest absolute Gasteiger partial charge is 0.261 e. The van der Waals surface area contributed by atoms with Crippen molar-refractivity contribution in [3.63, 3.8) is 0 Å². The van der Waals surface area contributed by atoms with E-state index in [1.807, 2.05) is 30.3 Å². The summed E-state index contributed by atoms with van der Waals surface area (Å²) in [5.74, 6) is -0.257. The number of hydrogen-bond acceptors (Lipinski definition) is 3. The number of phenolic OH excluding ortho intramolecular Hbond substituents is 1. The van der Waals surface area contributed by atoms with Crippen molar-refractivity contribution in [1.29, 1.82) is 0 Å². The predicted octanol–water partition coefficient (Wildman–Crippen LogP) is 4.53. The molecule has 0 fully saturated rings. The number of fused-ring (bicyclic) bond motifs is 1. The van der Waals surface area contributed by atoms with Crippen molar-refractivity contribution < 1.29 is 9.90 Å². The first-order valence-electron chi connectivity index (χ1n) is 9.50. The van der Waals surface area contributed by atoms with Gasteiger partial charge in [-0.1, -0.05) is 54.1 Å². The van der Waals surface area contributed by atoms with Gasteiger partial charge in [-0.25, -0.2) is 0 Å². The minimum absolute atomic E-state index is 0.0571. The van der Waals surface area contributed by atoms with Gasteiger partial charge in [0.15, 0.2) is 0 Å². The number of aromatic hydroxyl groups is 1. The van der Waals surface area contributed by atoms with Gasteiger partial charge >= 0.3 is 0 Å². The average molecular weight is 419 g/mol. The van der Waals surface area contributed by atoms with Gasteiger partial charge in [0.05, 0.1) is 0 Å². The summed E-state index contributed by atoms with van der Waals surface area (Å²) < 4.78 is 0. The molecule has 4 aromatic rings. The topological polar surface area (TPSA) is 82.2 Å². The molecular formula is C24H19ClN2O3. The van der Waals surface area contributed by atoms with Gasteiger partial charge in [-0.3, -0.25) is 9.59 Å². The summed E-state index contributed by atoms with van der Waals surface area (Å²) in [6.07, 6.45) is 0.573. The van der Waals surface area contributed by atoms with Gasteiger partial charge in [0.25, 0.3) is 11.5 Å². The van der Waals surface area contributed by atoms with E-state index in [9.17, 15) is 14.7 Å². The molecule has 3 aromatic carbocycles. The Morgan fingerprint density at radius 1 is 1.00 bits per heavy atom. The molecule has 30 heavy (non-hydrogen) atoms. The number of rotatable bonds is 5. The number of nitrogens with one attached hydrogen (secondary N) is 2. The number of carbonyl (C=O) groups is 1. The summed E-state index contributed by atoms with van der Waals surface area (Å²) in [6.45, 7) is 0.352. The van der Waals surface area contributed by atoms with Crippen molar-refractivity contribution in [2.75, 3.05) is 6.54 Å². The summed E-state index contributed by atoms with van der Waals surface area (Å²) in [5, 5.41) is 13.4. The molecule has 1 heterocycles. The van der Waals surface area contributed by atoms with Crippen LogP contribution < -0.4 is 10.9 Å². The maximum atomic E-state index is 13.0. The lowest BCUT2D eigenvalue weighted by Crippen LogP contribution is -2.32. The molecule has 0 aliphatic carbocycles. The van der Waals surface area contributed by atoms with E-state index in [2.05, 4.69) is 10.3 Å². The Labute approximate surface area is 178 Å². The Hall–Kier alpha value is -3.57. The van der Waals surface area contributed by atoms with Crippen LogP contribution in [0, 0.1) is 0 Å². The molecule has 0 bridgehead atoms. The molecule has 0 saturated heterocycles. The van der Waals surface area contributed by atoms with E-state index in [1.165, 1.54) is 0 Å². The first-order chi connectivity index (χ1) is 14.5. The maximum Gasteiger partial charge on any atom is 0.261 e. The van der Waals surface area contributed by atoms with Gasteiger partial charge in [-0.15, -0.1) is 0 Å². The highest BCUT2D eigenvalue weighted by atomic mass is 35.5. The molecule has 0 saturated carbocycles. The van der Waals surface area contributed by atoms with Crippen LogP contribution in [0.1, 0.15) is 15.9 Å². The number of carbonyl (C=O) groups excluding carboxylic acids is 1. The number of amides is 1. The SMILES string of the molecule is O=C(NCCc1ccc(O)cc1)c1c(-c2ccccc2)c2cc(Cl)ccc2[nH]c1=O.